The number of pyridine rings is 1. The second-order valence-electron chi connectivity index (χ2n) is 10.1. The average Bonchev–Trinajstić information content (AvgIpc) is 3.38. The maximum Gasteiger partial charge on any atom is 0.243 e. The van der Waals surface area contributed by atoms with Crippen LogP contribution in [0.1, 0.15) is 33.7 Å². The van der Waals surface area contributed by atoms with E-state index in [-0.39, 0.29) is 41.7 Å². The third-order valence-electron chi connectivity index (χ3n) is 7.63. The number of carbonyl (C=O) groups excluding carboxylic acids is 1. The van der Waals surface area contributed by atoms with Crippen LogP contribution in [0.3, 0.4) is 0 Å². The lowest BCUT2D eigenvalue weighted by molar-refractivity contribution is 0.0770. The molecule has 10 heteroatoms. The smallest absolute Gasteiger partial charge is 0.243 e. The Morgan fingerprint density at radius 3 is 2.67 bits per heavy atom. The van der Waals surface area contributed by atoms with Gasteiger partial charge in [-0.1, -0.05) is 23.8 Å². The molecule has 3 heterocycles. The topological polar surface area (TPSA) is 94.4 Å². The second kappa shape index (κ2) is 10.2. The molecule has 1 atom stereocenters. The Morgan fingerprint density at radius 2 is 1.93 bits per heavy atom. The number of fused-ring (bicyclic) bond motifs is 2. The first-order chi connectivity index (χ1) is 19.3. The molecular formula is C30H27FN4O4S. The van der Waals surface area contributed by atoms with Crippen LogP contribution in [-0.2, 0) is 27.8 Å². The minimum absolute atomic E-state index is 0.0216. The molecule has 0 radical (unpaired) electrons. The zero-order valence-electron chi connectivity index (χ0n) is 21.8. The summed E-state index contributed by atoms with van der Waals surface area (Å²) in [7, 11) is -2.35. The fourth-order valence-corrected chi connectivity index (χ4v) is 7.23. The molecular weight excluding hydrogens is 531 g/mol. The molecule has 1 aliphatic carbocycles. The predicted molar refractivity (Wildman–Crippen MR) is 147 cm³/mol. The summed E-state index contributed by atoms with van der Waals surface area (Å²) in [5.41, 5.74) is 3.01. The number of rotatable bonds is 7. The van der Waals surface area contributed by atoms with Crippen molar-refractivity contribution in [1.29, 1.82) is 0 Å². The van der Waals surface area contributed by atoms with Crippen LogP contribution >= 0.6 is 0 Å². The largest absolute Gasteiger partial charge is 0.380 e. The van der Waals surface area contributed by atoms with E-state index in [0.717, 1.165) is 22.4 Å². The molecule has 0 amide bonds. The maximum atomic E-state index is 14.2. The van der Waals surface area contributed by atoms with Gasteiger partial charge in [0.1, 0.15) is 11.5 Å². The van der Waals surface area contributed by atoms with Crippen molar-refractivity contribution in [2.45, 2.75) is 24.3 Å². The van der Waals surface area contributed by atoms with E-state index in [0.29, 0.717) is 18.7 Å². The van der Waals surface area contributed by atoms with Gasteiger partial charge >= 0.3 is 0 Å². The molecule has 0 spiro atoms. The van der Waals surface area contributed by atoms with Gasteiger partial charge in [0.05, 0.1) is 34.5 Å². The van der Waals surface area contributed by atoms with Crippen LogP contribution < -0.4 is 0 Å². The van der Waals surface area contributed by atoms with Gasteiger partial charge in [-0.25, -0.2) is 17.5 Å². The molecule has 0 saturated carbocycles. The fourth-order valence-electron chi connectivity index (χ4n) is 5.66. The maximum absolute atomic E-state index is 14.2. The monoisotopic (exact) mass is 558 g/mol. The summed E-state index contributed by atoms with van der Waals surface area (Å²) >= 11 is 0. The summed E-state index contributed by atoms with van der Waals surface area (Å²) in [5, 5.41) is 4.54. The van der Waals surface area contributed by atoms with Gasteiger partial charge < -0.3 is 4.74 Å². The zero-order valence-corrected chi connectivity index (χ0v) is 22.6. The van der Waals surface area contributed by atoms with Crippen molar-refractivity contribution >= 4 is 21.9 Å². The summed E-state index contributed by atoms with van der Waals surface area (Å²) in [6.07, 6.45) is 5.83. The number of halogens is 1. The lowest BCUT2D eigenvalue weighted by Crippen LogP contribution is -2.53. The highest BCUT2D eigenvalue weighted by Crippen LogP contribution is 2.47. The van der Waals surface area contributed by atoms with Crippen molar-refractivity contribution in [2.24, 2.45) is 5.41 Å². The number of ether oxygens (including phenoxy) is 1. The fraction of sp³-hybridized carbons (Fsp3) is 0.233. The molecule has 1 fully saturated rings. The lowest BCUT2D eigenvalue weighted by Gasteiger charge is -2.44. The number of nitrogens with zero attached hydrogens (tertiary/aromatic N) is 4. The first kappa shape index (κ1) is 26.2. The van der Waals surface area contributed by atoms with Gasteiger partial charge in [0, 0.05) is 26.4 Å². The van der Waals surface area contributed by atoms with Gasteiger partial charge in [0.25, 0.3) is 0 Å². The minimum Gasteiger partial charge on any atom is -0.380 e. The number of aromatic nitrogens is 3. The van der Waals surface area contributed by atoms with Gasteiger partial charge in [-0.3, -0.25) is 9.78 Å². The Morgan fingerprint density at radius 1 is 1.10 bits per heavy atom. The normalized spacial score (nSPS) is 19.0. The Kier molecular flexibility index (Phi) is 6.69. The Balaban J connectivity index is 1.43. The van der Waals surface area contributed by atoms with E-state index in [1.165, 1.54) is 16.4 Å². The number of ketones is 1. The molecule has 2 aliphatic rings. The quantitative estimate of drug-likeness (QED) is 0.311. The van der Waals surface area contributed by atoms with E-state index in [9.17, 15) is 17.6 Å². The van der Waals surface area contributed by atoms with E-state index in [1.54, 1.807) is 72.7 Å². The van der Waals surface area contributed by atoms with Crippen LogP contribution in [0, 0.1) is 11.2 Å². The number of hydrogen-bond donors (Lipinski definition) is 0. The molecule has 0 bridgehead atoms. The second-order valence-corrected chi connectivity index (χ2v) is 12.0. The standard InChI is InChI=1S/C30H27FN4O4S/c1-39-19-21-5-4-6-26(15-21)40(37,38)34-14-12-23-16-28-22(18-33-35(28)25-10-8-24(31)9-11-25)17-30(23,20-34)29(36)27-7-2-3-13-32-27/h2-11,13,15-16,18H,12,14,17,19-20H2,1H3. The van der Waals surface area contributed by atoms with Crippen molar-refractivity contribution in [1.82, 2.24) is 19.1 Å². The van der Waals surface area contributed by atoms with Gasteiger partial charge in [-0.2, -0.15) is 9.40 Å². The first-order valence-corrected chi connectivity index (χ1v) is 14.3. The SMILES string of the molecule is COCc1cccc(S(=O)(=O)N2CCC3=Cc4c(cnn4-c4ccc(F)cc4)CC3(C(=O)c3ccccn3)C2)c1. The van der Waals surface area contributed by atoms with Crippen LogP contribution in [0.15, 0.2) is 89.6 Å². The van der Waals surface area contributed by atoms with Crippen LogP contribution in [0.25, 0.3) is 11.8 Å². The van der Waals surface area contributed by atoms with Gasteiger partial charge in [-0.15, -0.1) is 0 Å². The van der Waals surface area contributed by atoms with Crippen molar-refractivity contribution in [3.63, 3.8) is 0 Å². The van der Waals surface area contributed by atoms with Gasteiger partial charge in [-0.05, 0) is 78.6 Å². The molecule has 1 saturated heterocycles. The third kappa shape index (κ3) is 4.47. The number of piperidine rings is 1. The summed E-state index contributed by atoms with van der Waals surface area (Å²) < 4.78 is 49.6. The zero-order chi connectivity index (χ0) is 27.9. The highest BCUT2D eigenvalue weighted by atomic mass is 32.2. The first-order valence-electron chi connectivity index (χ1n) is 12.9. The number of methoxy groups -OCH3 is 1. The molecule has 6 rings (SSSR count). The summed E-state index contributed by atoms with van der Waals surface area (Å²) in [6.45, 7) is 0.491. The van der Waals surface area contributed by atoms with Crippen LogP contribution in [0.4, 0.5) is 4.39 Å². The van der Waals surface area contributed by atoms with Crippen molar-refractivity contribution in [3.05, 3.63) is 113 Å². The molecule has 2 aromatic heterocycles. The number of hydrogen-bond acceptors (Lipinski definition) is 6. The van der Waals surface area contributed by atoms with Crippen LogP contribution in [-0.4, -0.2) is 53.5 Å². The lowest BCUT2D eigenvalue weighted by atomic mass is 9.65. The molecule has 8 nitrogen and oxygen atoms in total. The van der Waals surface area contributed by atoms with E-state index in [4.69, 9.17) is 4.74 Å². The highest BCUT2D eigenvalue weighted by molar-refractivity contribution is 7.89. The molecule has 2 aromatic carbocycles. The van der Waals surface area contributed by atoms with Gasteiger partial charge in [0.15, 0.2) is 5.78 Å². The summed E-state index contributed by atoms with van der Waals surface area (Å²) in [6, 6.07) is 17.9. The summed E-state index contributed by atoms with van der Waals surface area (Å²) in [4.78, 5) is 18.7. The van der Waals surface area contributed by atoms with Crippen LogP contribution in [0.5, 0.6) is 0 Å². The Hall–Kier alpha value is -3.99. The molecule has 204 valence electrons. The van der Waals surface area contributed by atoms with Crippen molar-refractivity contribution in [3.8, 4) is 5.69 Å². The minimum atomic E-state index is -3.90. The van der Waals surface area contributed by atoms with E-state index >= 15 is 0 Å². The third-order valence-corrected chi connectivity index (χ3v) is 9.47. The molecule has 1 aliphatic heterocycles. The Bertz CT molecular complexity index is 1720. The summed E-state index contributed by atoms with van der Waals surface area (Å²) in [5.74, 6) is -0.572. The highest BCUT2D eigenvalue weighted by Gasteiger charge is 2.51. The molecule has 0 N–H and O–H groups in total. The predicted octanol–water partition coefficient (Wildman–Crippen LogP) is 4.46. The van der Waals surface area contributed by atoms with Crippen molar-refractivity contribution in [2.75, 3.05) is 20.2 Å². The molecule has 1 unspecified atom stereocenters. The van der Waals surface area contributed by atoms with E-state index < -0.39 is 15.4 Å². The number of benzene rings is 2. The average molecular weight is 559 g/mol. The van der Waals surface area contributed by atoms with Crippen LogP contribution in [0.2, 0.25) is 0 Å². The Labute approximate surface area is 231 Å². The van der Waals surface area contributed by atoms with Gasteiger partial charge in [0.2, 0.25) is 10.0 Å². The van der Waals surface area contributed by atoms with Crippen molar-refractivity contribution < 1.29 is 22.3 Å². The number of Topliss-reactive ketones (excluding diaryl/α,β-unsaturated/α-hetero) is 1. The van der Waals surface area contributed by atoms with E-state index in [1.807, 2.05) is 12.1 Å². The molecule has 4 aromatic rings. The molecule has 40 heavy (non-hydrogen) atoms. The van der Waals surface area contributed by atoms with E-state index in [2.05, 4.69) is 10.1 Å². The number of carbonyl (C=O) groups is 1. The number of sulfonamides is 1.